The smallest absolute Gasteiger partial charge is 0.246 e. The molecule has 1 fully saturated rings. The lowest BCUT2D eigenvalue weighted by molar-refractivity contribution is -0.155. The van der Waals surface area contributed by atoms with Crippen molar-refractivity contribution >= 4 is 29.6 Å². The molecule has 1 saturated heterocycles. The SMILES string of the molecule is CCCC[C@H](CN(O)C=O)C(=O)N[C@@H](CCc1ccccc1)C(=O)Nc1ccc(N2CCCCC2)cc1. The van der Waals surface area contributed by atoms with Crippen LogP contribution in [0.1, 0.15) is 57.4 Å². The highest BCUT2D eigenvalue weighted by atomic mass is 16.5. The van der Waals surface area contributed by atoms with Crippen molar-refractivity contribution in [2.24, 2.45) is 5.92 Å². The molecule has 3 amide bonds. The molecule has 1 heterocycles. The maximum Gasteiger partial charge on any atom is 0.246 e. The summed E-state index contributed by atoms with van der Waals surface area (Å²) in [5.74, 6) is -1.24. The van der Waals surface area contributed by atoms with Gasteiger partial charge < -0.3 is 15.5 Å². The van der Waals surface area contributed by atoms with Crippen LogP contribution in [0.3, 0.4) is 0 Å². The summed E-state index contributed by atoms with van der Waals surface area (Å²) < 4.78 is 0. The zero-order valence-corrected chi connectivity index (χ0v) is 21.8. The fraction of sp³-hybridized carbons (Fsp3) is 0.483. The van der Waals surface area contributed by atoms with Crippen LogP contribution in [0, 0.1) is 5.92 Å². The molecule has 0 radical (unpaired) electrons. The van der Waals surface area contributed by atoms with Crippen molar-refractivity contribution < 1.29 is 19.6 Å². The summed E-state index contributed by atoms with van der Waals surface area (Å²) in [4.78, 5) is 39.8. The van der Waals surface area contributed by atoms with Crippen LogP contribution in [-0.4, -0.2) is 54.2 Å². The van der Waals surface area contributed by atoms with E-state index >= 15 is 0 Å². The van der Waals surface area contributed by atoms with Gasteiger partial charge >= 0.3 is 0 Å². The molecule has 37 heavy (non-hydrogen) atoms. The zero-order chi connectivity index (χ0) is 26.5. The van der Waals surface area contributed by atoms with E-state index < -0.39 is 12.0 Å². The van der Waals surface area contributed by atoms with Crippen molar-refractivity contribution in [1.29, 1.82) is 0 Å². The minimum absolute atomic E-state index is 0.111. The summed E-state index contributed by atoms with van der Waals surface area (Å²) in [5.41, 5.74) is 2.90. The second-order valence-corrected chi connectivity index (χ2v) is 9.74. The zero-order valence-electron chi connectivity index (χ0n) is 21.8. The second-order valence-electron chi connectivity index (χ2n) is 9.74. The van der Waals surface area contributed by atoms with Crippen LogP contribution in [0.2, 0.25) is 0 Å². The molecule has 200 valence electrons. The van der Waals surface area contributed by atoms with E-state index in [0.717, 1.165) is 37.2 Å². The first-order valence-electron chi connectivity index (χ1n) is 13.4. The van der Waals surface area contributed by atoms with Gasteiger partial charge in [0.1, 0.15) is 6.04 Å². The van der Waals surface area contributed by atoms with E-state index in [9.17, 15) is 19.6 Å². The topological polar surface area (TPSA) is 102 Å². The Balaban J connectivity index is 1.69. The van der Waals surface area contributed by atoms with Crippen LogP contribution in [-0.2, 0) is 20.8 Å². The van der Waals surface area contributed by atoms with Crippen LogP contribution in [0.15, 0.2) is 54.6 Å². The number of carbonyl (C=O) groups is 3. The monoisotopic (exact) mass is 508 g/mol. The number of nitrogens with zero attached hydrogens (tertiary/aromatic N) is 2. The lowest BCUT2D eigenvalue weighted by Crippen LogP contribution is -2.48. The third-order valence-electron chi connectivity index (χ3n) is 6.86. The van der Waals surface area contributed by atoms with E-state index in [4.69, 9.17) is 0 Å². The van der Waals surface area contributed by atoms with Gasteiger partial charge in [-0.25, -0.2) is 5.06 Å². The molecule has 2 aromatic rings. The van der Waals surface area contributed by atoms with Gasteiger partial charge in [-0.05, 0) is 68.4 Å². The standard InChI is InChI=1S/C29H40N4O4/c1-2-3-12-24(21-33(37)22-34)28(35)31-27(18-13-23-10-6-4-7-11-23)29(36)30-25-14-16-26(17-15-25)32-19-8-5-9-20-32/h4,6-7,10-11,14-17,22,24,27,37H,2-3,5,8-9,12-13,18-21H2,1H3,(H,30,36)(H,31,35)/t24-,27+/m1/s1. The molecule has 0 spiro atoms. The second kappa shape index (κ2) is 15.0. The van der Waals surface area contributed by atoms with Crippen molar-refractivity contribution in [1.82, 2.24) is 10.4 Å². The lowest BCUT2D eigenvalue weighted by Gasteiger charge is -2.29. The molecule has 8 heteroatoms. The van der Waals surface area contributed by atoms with E-state index in [1.807, 2.05) is 61.5 Å². The van der Waals surface area contributed by atoms with E-state index in [1.54, 1.807) is 0 Å². The molecule has 2 atom stereocenters. The highest BCUT2D eigenvalue weighted by molar-refractivity contribution is 5.97. The summed E-state index contributed by atoms with van der Waals surface area (Å²) in [6, 6.07) is 16.9. The number of carbonyl (C=O) groups excluding carboxylic acids is 3. The summed E-state index contributed by atoms with van der Waals surface area (Å²) in [6.07, 6.45) is 7.15. The Morgan fingerprint density at radius 3 is 2.35 bits per heavy atom. The Labute approximate surface area is 220 Å². The van der Waals surface area contributed by atoms with Crippen LogP contribution < -0.4 is 15.5 Å². The number of piperidine rings is 1. The number of aryl methyl sites for hydroxylation is 1. The predicted octanol–water partition coefficient (Wildman–Crippen LogP) is 4.39. The van der Waals surface area contributed by atoms with Crippen molar-refractivity contribution in [3.63, 3.8) is 0 Å². The molecule has 0 saturated carbocycles. The maximum absolute atomic E-state index is 13.3. The van der Waals surface area contributed by atoms with Gasteiger partial charge in [0.15, 0.2) is 0 Å². The summed E-state index contributed by atoms with van der Waals surface area (Å²) >= 11 is 0. The van der Waals surface area contributed by atoms with Crippen molar-refractivity contribution in [2.75, 3.05) is 29.9 Å². The first-order valence-corrected chi connectivity index (χ1v) is 13.4. The highest BCUT2D eigenvalue weighted by Crippen LogP contribution is 2.22. The molecule has 3 rings (SSSR count). The molecular formula is C29H40N4O4. The van der Waals surface area contributed by atoms with Crippen molar-refractivity contribution in [3.8, 4) is 0 Å². The molecule has 1 aliphatic rings. The van der Waals surface area contributed by atoms with E-state index in [-0.39, 0.29) is 18.4 Å². The van der Waals surface area contributed by atoms with E-state index in [2.05, 4.69) is 15.5 Å². The van der Waals surface area contributed by atoms with Gasteiger partial charge in [-0.1, -0.05) is 50.1 Å². The van der Waals surface area contributed by atoms with Crippen LogP contribution >= 0.6 is 0 Å². The van der Waals surface area contributed by atoms with Gasteiger partial charge in [0, 0.05) is 24.5 Å². The Morgan fingerprint density at radius 1 is 1.00 bits per heavy atom. The molecule has 0 aromatic heterocycles. The van der Waals surface area contributed by atoms with Crippen molar-refractivity contribution in [3.05, 3.63) is 60.2 Å². The molecule has 3 N–H and O–H groups in total. The number of amides is 3. The van der Waals surface area contributed by atoms with Gasteiger partial charge in [-0.3, -0.25) is 19.6 Å². The summed E-state index contributed by atoms with van der Waals surface area (Å²) in [6.45, 7) is 4.00. The quantitative estimate of drug-likeness (QED) is 0.200. The number of rotatable bonds is 14. The average molecular weight is 509 g/mol. The molecular weight excluding hydrogens is 468 g/mol. The van der Waals surface area contributed by atoms with Gasteiger partial charge in [0.05, 0.1) is 12.5 Å². The molecule has 2 aromatic carbocycles. The third kappa shape index (κ3) is 9.21. The lowest BCUT2D eigenvalue weighted by atomic mass is 9.99. The predicted molar refractivity (Wildman–Crippen MR) is 145 cm³/mol. The number of benzene rings is 2. The molecule has 0 aliphatic carbocycles. The first-order chi connectivity index (χ1) is 18.0. The summed E-state index contributed by atoms with van der Waals surface area (Å²) in [5, 5.41) is 16.0. The third-order valence-corrected chi connectivity index (χ3v) is 6.86. The Morgan fingerprint density at radius 2 is 1.70 bits per heavy atom. The fourth-order valence-corrected chi connectivity index (χ4v) is 4.68. The molecule has 0 bridgehead atoms. The van der Waals surface area contributed by atoms with Gasteiger partial charge in [-0.15, -0.1) is 0 Å². The van der Waals surface area contributed by atoms with E-state index in [0.29, 0.717) is 36.4 Å². The summed E-state index contributed by atoms with van der Waals surface area (Å²) in [7, 11) is 0. The Kier molecular flexibility index (Phi) is 11.4. The number of hydrogen-bond donors (Lipinski definition) is 3. The van der Waals surface area contributed by atoms with Crippen LogP contribution in [0.25, 0.3) is 0 Å². The van der Waals surface area contributed by atoms with Crippen LogP contribution in [0.4, 0.5) is 11.4 Å². The van der Waals surface area contributed by atoms with E-state index in [1.165, 1.54) is 19.3 Å². The Hall–Kier alpha value is -3.39. The number of nitrogens with one attached hydrogen (secondary N) is 2. The molecule has 0 unspecified atom stereocenters. The van der Waals surface area contributed by atoms with Gasteiger partial charge in [-0.2, -0.15) is 0 Å². The van der Waals surface area contributed by atoms with Gasteiger partial charge in [0.2, 0.25) is 18.2 Å². The molecule has 1 aliphatic heterocycles. The highest BCUT2D eigenvalue weighted by Gasteiger charge is 2.27. The average Bonchev–Trinajstić information content (AvgIpc) is 2.94. The minimum Gasteiger partial charge on any atom is -0.372 e. The normalized spacial score (nSPS) is 14.9. The first kappa shape index (κ1) is 28.2. The largest absolute Gasteiger partial charge is 0.372 e. The van der Waals surface area contributed by atoms with Gasteiger partial charge in [0.25, 0.3) is 0 Å². The number of anilines is 2. The van der Waals surface area contributed by atoms with Crippen molar-refractivity contribution in [2.45, 2.75) is 64.3 Å². The number of unbranched alkanes of at least 4 members (excludes halogenated alkanes) is 1. The number of hydroxylamine groups is 2. The minimum atomic E-state index is -0.762. The van der Waals surface area contributed by atoms with Crippen LogP contribution in [0.5, 0.6) is 0 Å². The molecule has 8 nitrogen and oxygen atoms in total. The number of hydrogen-bond acceptors (Lipinski definition) is 5. The fourth-order valence-electron chi connectivity index (χ4n) is 4.68. The maximum atomic E-state index is 13.3. The Bertz CT molecular complexity index is 977.